The molecule has 1 N–H and O–H groups in total. The number of aromatic nitrogens is 5. The summed E-state index contributed by atoms with van der Waals surface area (Å²) >= 11 is 1.40. The minimum atomic E-state index is -0.416. The summed E-state index contributed by atoms with van der Waals surface area (Å²) < 4.78 is 3.19. The number of hydrogen-bond acceptors (Lipinski definition) is 7. The molecule has 0 spiro atoms. The fraction of sp³-hybridized carbons (Fsp3) is 0.278. The average molecular weight is 397 g/mol. The molecule has 0 aliphatic heterocycles. The molecule has 0 atom stereocenters. The molecule has 1 aromatic carbocycles. The summed E-state index contributed by atoms with van der Waals surface area (Å²) in [6.07, 6.45) is 1.39. The van der Waals surface area contributed by atoms with Gasteiger partial charge in [-0.05, 0) is 31.0 Å². The number of rotatable bonds is 4. The van der Waals surface area contributed by atoms with Gasteiger partial charge >= 0.3 is 5.69 Å². The van der Waals surface area contributed by atoms with Crippen molar-refractivity contribution in [3.8, 4) is 0 Å². The maximum Gasteiger partial charge on any atom is 0.352 e. The molecule has 3 heterocycles. The molecule has 144 valence electrons. The minimum Gasteiger partial charge on any atom is -0.354 e. The number of thiazole rings is 1. The lowest BCUT2D eigenvalue weighted by Gasteiger charge is -2.09. The lowest BCUT2D eigenvalue weighted by molar-refractivity contribution is -0.117. The highest BCUT2D eigenvalue weighted by Crippen LogP contribution is 2.28. The van der Waals surface area contributed by atoms with Gasteiger partial charge in [0.2, 0.25) is 5.91 Å². The fourth-order valence-electron chi connectivity index (χ4n) is 2.83. The molecule has 0 fully saturated rings. The largest absolute Gasteiger partial charge is 0.354 e. The number of carbonyl (C=O) groups excluding carboxylic acids is 1. The van der Waals surface area contributed by atoms with Gasteiger partial charge in [-0.15, -0.1) is 5.10 Å². The second kappa shape index (κ2) is 6.71. The van der Waals surface area contributed by atoms with Crippen LogP contribution in [0.3, 0.4) is 0 Å². The van der Waals surface area contributed by atoms with Crippen molar-refractivity contribution in [2.45, 2.75) is 20.4 Å². The van der Waals surface area contributed by atoms with E-state index in [2.05, 4.69) is 20.4 Å². The summed E-state index contributed by atoms with van der Waals surface area (Å²) in [6.45, 7) is 3.73. The quantitative estimate of drug-likeness (QED) is 0.564. The molecule has 0 aliphatic carbocycles. The maximum atomic E-state index is 12.6. The molecule has 28 heavy (non-hydrogen) atoms. The maximum absolute atomic E-state index is 12.6. The van der Waals surface area contributed by atoms with Crippen LogP contribution in [0.4, 0.5) is 10.8 Å². The second-order valence-corrected chi connectivity index (χ2v) is 7.70. The first-order valence-corrected chi connectivity index (χ1v) is 9.45. The standard InChI is InChI=1S/C18H19N7O2S/c1-10-6-5-7-12(11(10)2)20-13(26)8-25-18(27)24-9-19-15-14(16(24)22-25)28-17(21-15)23(3)4/h5-7,9H,8H2,1-4H3,(H,20,26). The van der Waals surface area contributed by atoms with E-state index in [0.29, 0.717) is 16.0 Å². The number of nitrogens with one attached hydrogen (secondary N) is 1. The molecule has 0 aliphatic rings. The zero-order chi connectivity index (χ0) is 20.0. The molecule has 4 rings (SSSR count). The predicted molar refractivity (Wildman–Crippen MR) is 109 cm³/mol. The lowest BCUT2D eigenvalue weighted by atomic mass is 10.1. The van der Waals surface area contributed by atoms with E-state index in [1.165, 1.54) is 22.1 Å². The van der Waals surface area contributed by atoms with Crippen LogP contribution >= 0.6 is 11.3 Å². The van der Waals surface area contributed by atoms with E-state index in [9.17, 15) is 9.59 Å². The van der Waals surface area contributed by atoms with Crippen molar-refractivity contribution in [1.29, 1.82) is 0 Å². The Balaban J connectivity index is 1.68. The van der Waals surface area contributed by atoms with Crippen molar-refractivity contribution >= 4 is 44.1 Å². The van der Waals surface area contributed by atoms with Gasteiger partial charge in [0.15, 0.2) is 16.4 Å². The number of nitrogens with zero attached hydrogens (tertiary/aromatic N) is 6. The van der Waals surface area contributed by atoms with Crippen molar-refractivity contribution < 1.29 is 4.79 Å². The van der Waals surface area contributed by atoms with Crippen molar-refractivity contribution in [3.05, 3.63) is 46.1 Å². The van der Waals surface area contributed by atoms with Crippen molar-refractivity contribution in [2.75, 3.05) is 24.3 Å². The molecule has 0 radical (unpaired) electrons. The molecule has 1 amide bonds. The molecule has 0 bridgehead atoms. The van der Waals surface area contributed by atoms with E-state index in [-0.39, 0.29) is 12.5 Å². The summed E-state index contributed by atoms with van der Waals surface area (Å²) in [6, 6.07) is 5.69. The number of amides is 1. The van der Waals surface area contributed by atoms with E-state index >= 15 is 0 Å². The SMILES string of the molecule is Cc1cccc(NC(=O)Cn2nc3c4sc(N(C)C)nc4ncn3c2=O)c1C. The number of hydrogen-bond donors (Lipinski definition) is 1. The first kappa shape index (κ1) is 18.1. The summed E-state index contributed by atoms with van der Waals surface area (Å²) in [5, 5.41) is 7.97. The first-order valence-electron chi connectivity index (χ1n) is 8.63. The summed E-state index contributed by atoms with van der Waals surface area (Å²) in [7, 11) is 3.77. The van der Waals surface area contributed by atoms with Crippen LogP contribution in [0.15, 0.2) is 29.3 Å². The van der Waals surface area contributed by atoms with Crippen LogP contribution in [0.25, 0.3) is 16.0 Å². The Morgan fingerprint density at radius 2 is 2.07 bits per heavy atom. The Bertz CT molecular complexity index is 1270. The Morgan fingerprint density at radius 3 is 2.82 bits per heavy atom. The smallest absolute Gasteiger partial charge is 0.352 e. The van der Waals surface area contributed by atoms with E-state index < -0.39 is 5.69 Å². The van der Waals surface area contributed by atoms with Gasteiger partial charge in [-0.3, -0.25) is 4.79 Å². The van der Waals surface area contributed by atoms with Gasteiger partial charge in [-0.1, -0.05) is 23.5 Å². The number of aryl methyl sites for hydroxylation is 1. The number of anilines is 2. The third kappa shape index (κ3) is 3.01. The number of benzene rings is 1. The highest BCUT2D eigenvalue weighted by atomic mass is 32.1. The Morgan fingerprint density at radius 1 is 1.29 bits per heavy atom. The highest BCUT2D eigenvalue weighted by molar-refractivity contribution is 7.22. The van der Waals surface area contributed by atoms with E-state index in [4.69, 9.17) is 0 Å². The predicted octanol–water partition coefficient (Wildman–Crippen LogP) is 1.82. The van der Waals surface area contributed by atoms with Gasteiger partial charge in [-0.25, -0.2) is 18.9 Å². The molecular weight excluding hydrogens is 378 g/mol. The topological polar surface area (TPSA) is 97.4 Å². The third-order valence-electron chi connectivity index (χ3n) is 4.52. The van der Waals surface area contributed by atoms with Crippen molar-refractivity contribution in [3.63, 3.8) is 0 Å². The molecule has 0 saturated carbocycles. The van der Waals surface area contributed by atoms with Gasteiger partial charge in [0.1, 0.15) is 17.6 Å². The van der Waals surface area contributed by atoms with Crippen LogP contribution < -0.4 is 15.9 Å². The van der Waals surface area contributed by atoms with E-state index in [1.54, 1.807) is 0 Å². The average Bonchev–Trinajstić information content (AvgIpc) is 3.21. The Labute approximate surface area is 164 Å². The summed E-state index contributed by atoms with van der Waals surface area (Å²) in [4.78, 5) is 35.7. The van der Waals surface area contributed by atoms with Crippen LogP contribution in [0.5, 0.6) is 0 Å². The third-order valence-corrected chi connectivity index (χ3v) is 5.73. The van der Waals surface area contributed by atoms with Crippen LogP contribution in [0.1, 0.15) is 11.1 Å². The monoisotopic (exact) mass is 397 g/mol. The van der Waals surface area contributed by atoms with Gasteiger partial charge in [0.05, 0.1) is 0 Å². The Hall–Kier alpha value is -3.27. The van der Waals surface area contributed by atoms with E-state index in [0.717, 1.165) is 26.6 Å². The molecule has 0 saturated heterocycles. The fourth-order valence-corrected chi connectivity index (χ4v) is 3.75. The molecule has 3 aromatic heterocycles. The molecule has 10 heteroatoms. The summed E-state index contributed by atoms with van der Waals surface area (Å²) in [5.74, 6) is -0.318. The number of carbonyl (C=O) groups is 1. The Kier molecular flexibility index (Phi) is 4.34. The van der Waals surface area contributed by atoms with Gasteiger partial charge in [-0.2, -0.15) is 4.98 Å². The van der Waals surface area contributed by atoms with Gasteiger partial charge in [0.25, 0.3) is 0 Å². The van der Waals surface area contributed by atoms with Crippen LogP contribution in [0, 0.1) is 13.8 Å². The van der Waals surface area contributed by atoms with Crippen LogP contribution in [0.2, 0.25) is 0 Å². The molecular formula is C18H19N7O2S. The van der Waals surface area contributed by atoms with Crippen molar-refractivity contribution in [1.82, 2.24) is 24.1 Å². The zero-order valence-electron chi connectivity index (χ0n) is 15.9. The molecule has 4 aromatic rings. The minimum absolute atomic E-state index is 0.186. The van der Waals surface area contributed by atoms with Crippen LogP contribution in [-0.2, 0) is 11.3 Å². The van der Waals surface area contributed by atoms with E-state index in [1.807, 2.05) is 51.0 Å². The second-order valence-electron chi connectivity index (χ2n) is 6.72. The first-order chi connectivity index (χ1) is 13.3. The van der Waals surface area contributed by atoms with Crippen molar-refractivity contribution in [2.24, 2.45) is 0 Å². The van der Waals surface area contributed by atoms with Gasteiger partial charge in [0, 0.05) is 19.8 Å². The molecule has 9 nitrogen and oxygen atoms in total. The summed E-state index contributed by atoms with van der Waals surface area (Å²) in [5.41, 5.74) is 3.35. The normalized spacial score (nSPS) is 11.3. The lowest BCUT2D eigenvalue weighted by Crippen LogP contribution is -2.28. The zero-order valence-corrected chi connectivity index (χ0v) is 16.7. The number of fused-ring (bicyclic) bond motifs is 3. The van der Waals surface area contributed by atoms with Gasteiger partial charge < -0.3 is 10.2 Å². The van der Waals surface area contributed by atoms with Crippen LogP contribution in [-0.4, -0.2) is 44.2 Å². The highest BCUT2D eigenvalue weighted by Gasteiger charge is 2.17. The molecule has 0 unspecified atom stereocenters.